The first kappa shape index (κ1) is 10.0. The maximum absolute atomic E-state index is 11.6. The maximum atomic E-state index is 11.6. The third-order valence-electron chi connectivity index (χ3n) is 3.63. The fraction of sp³-hybridized carbons (Fsp3) is 0.917. The van der Waals surface area contributed by atoms with Gasteiger partial charge in [0, 0.05) is 19.0 Å². The Hall–Kier alpha value is -0.530. The van der Waals surface area contributed by atoms with E-state index in [-0.39, 0.29) is 0 Å². The van der Waals surface area contributed by atoms with Gasteiger partial charge in [0.25, 0.3) is 0 Å². The van der Waals surface area contributed by atoms with Gasteiger partial charge < -0.3 is 4.90 Å². The fourth-order valence-electron chi connectivity index (χ4n) is 2.80. The molecule has 0 bridgehead atoms. The summed E-state index contributed by atoms with van der Waals surface area (Å²) >= 11 is 0. The Labute approximate surface area is 86.7 Å². The van der Waals surface area contributed by atoms with E-state index in [2.05, 4.69) is 4.90 Å². The number of hydrogen-bond acceptors (Lipinski definition) is 1. The molecule has 2 rings (SSSR count). The molecule has 2 nitrogen and oxygen atoms in total. The molecule has 2 heteroatoms. The number of rotatable bonds is 1. The summed E-state index contributed by atoms with van der Waals surface area (Å²) in [6, 6.07) is 0.588. The van der Waals surface area contributed by atoms with E-state index in [1.54, 1.807) is 0 Å². The second-order valence-electron chi connectivity index (χ2n) is 4.69. The minimum Gasteiger partial charge on any atom is -0.340 e. The zero-order valence-electron chi connectivity index (χ0n) is 9.00. The van der Waals surface area contributed by atoms with Crippen LogP contribution in [0.5, 0.6) is 0 Å². The van der Waals surface area contributed by atoms with E-state index in [9.17, 15) is 4.79 Å². The number of likely N-dealkylation sites (tertiary alicyclic amines) is 1. The van der Waals surface area contributed by atoms with Crippen LogP contribution in [0.2, 0.25) is 0 Å². The van der Waals surface area contributed by atoms with Crippen LogP contribution in [-0.2, 0) is 4.79 Å². The molecule has 1 heterocycles. The lowest BCUT2D eigenvalue weighted by Gasteiger charge is -2.29. The van der Waals surface area contributed by atoms with Crippen LogP contribution < -0.4 is 0 Å². The second-order valence-corrected chi connectivity index (χ2v) is 4.69. The Bertz CT molecular complexity index is 194. The molecule has 0 spiro atoms. The molecule has 0 aromatic carbocycles. The van der Waals surface area contributed by atoms with Gasteiger partial charge in [0.05, 0.1) is 0 Å². The molecular formula is C12H21NO. The van der Waals surface area contributed by atoms with E-state index in [0.717, 1.165) is 19.4 Å². The molecule has 0 unspecified atom stereocenters. The Morgan fingerprint density at radius 2 is 1.57 bits per heavy atom. The first-order chi connectivity index (χ1) is 6.88. The normalized spacial score (nSPS) is 26.3. The highest BCUT2D eigenvalue weighted by molar-refractivity contribution is 5.78. The first-order valence-corrected chi connectivity index (χ1v) is 6.17. The van der Waals surface area contributed by atoms with Crippen LogP contribution >= 0.6 is 0 Å². The van der Waals surface area contributed by atoms with Crippen molar-refractivity contribution in [2.45, 2.75) is 63.8 Å². The summed E-state index contributed by atoms with van der Waals surface area (Å²) in [6.07, 6.45) is 11.2. The van der Waals surface area contributed by atoms with Crippen molar-refractivity contribution in [3.8, 4) is 0 Å². The Kier molecular flexibility index (Phi) is 3.44. The molecule has 1 aliphatic carbocycles. The Morgan fingerprint density at radius 1 is 0.929 bits per heavy atom. The molecule has 0 N–H and O–H groups in total. The summed E-state index contributed by atoms with van der Waals surface area (Å²) in [5.74, 6) is 0.413. The number of hydrogen-bond donors (Lipinski definition) is 0. The number of carbonyl (C=O) groups excluding carboxylic acids is 1. The summed E-state index contributed by atoms with van der Waals surface area (Å²) < 4.78 is 0. The van der Waals surface area contributed by atoms with Gasteiger partial charge in [0.2, 0.25) is 5.91 Å². The molecule has 1 amide bonds. The second kappa shape index (κ2) is 4.81. The predicted octanol–water partition coefficient (Wildman–Crippen LogP) is 2.72. The van der Waals surface area contributed by atoms with Crippen molar-refractivity contribution in [3.63, 3.8) is 0 Å². The van der Waals surface area contributed by atoms with E-state index in [0.29, 0.717) is 11.9 Å². The van der Waals surface area contributed by atoms with Gasteiger partial charge in [-0.15, -0.1) is 0 Å². The number of nitrogens with zero attached hydrogens (tertiary/aromatic N) is 1. The lowest BCUT2D eigenvalue weighted by atomic mass is 9.96. The van der Waals surface area contributed by atoms with Gasteiger partial charge in [-0.25, -0.2) is 0 Å². The maximum Gasteiger partial charge on any atom is 0.222 e. The van der Waals surface area contributed by atoms with Gasteiger partial charge in [0.15, 0.2) is 0 Å². The fourth-order valence-corrected chi connectivity index (χ4v) is 2.80. The van der Waals surface area contributed by atoms with Gasteiger partial charge in [-0.2, -0.15) is 0 Å². The molecule has 14 heavy (non-hydrogen) atoms. The van der Waals surface area contributed by atoms with Gasteiger partial charge >= 0.3 is 0 Å². The zero-order chi connectivity index (χ0) is 9.80. The average molecular weight is 195 g/mol. The van der Waals surface area contributed by atoms with E-state index < -0.39 is 0 Å². The van der Waals surface area contributed by atoms with Crippen molar-refractivity contribution in [3.05, 3.63) is 0 Å². The molecule has 1 saturated heterocycles. The molecule has 0 radical (unpaired) electrons. The van der Waals surface area contributed by atoms with Crippen LogP contribution in [0.1, 0.15) is 57.8 Å². The molecular weight excluding hydrogens is 174 g/mol. The molecule has 2 aliphatic rings. The van der Waals surface area contributed by atoms with Crippen LogP contribution in [0.25, 0.3) is 0 Å². The van der Waals surface area contributed by atoms with Gasteiger partial charge in [-0.3, -0.25) is 4.79 Å². The van der Waals surface area contributed by atoms with Crippen molar-refractivity contribution < 1.29 is 4.79 Å². The minimum atomic E-state index is 0.413. The van der Waals surface area contributed by atoms with E-state index in [1.165, 1.54) is 44.9 Å². The van der Waals surface area contributed by atoms with Crippen LogP contribution in [0, 0.1) is 0 Å². The van der Waals surface area contributed by atoms with Crippen LogP contribution in [0.15, 0.2) is 0 Å². The molecule has 80 valence electrons. The van der Waals surface area contributed by atoms with Crippen LogP contribution in [-0.4, -0.2) is 23.4 Å². The van der Waals surface area contributed by atoms with Gasteiger partial charge in [-0.05, 0) is 19.3 Å². The van der Waals surface area contributed by atoms with E-state index in [4.69, 9.17) is 0 Å². The Balaban J connectivity index is 1.90. The quantitative estimate of drug-likeness (QED) is 0.630. The van der Waals surface area contributed by atoms with Gasteiger partial charge in [0.1, 0.15) is 0 Å². The van der Waals surface area contributed by atoms with Gasteiger partial charge in [-0.1, -0.05) is 32.1 Å². The topological polar surface area (TPSA) is 20.3 Å². The summed E-state index contributed by atoms with van der Waals surface area (Å²) in [7, 11) is 0. The minimum absolute atomic E-state index is 0.413. The Morgan fingerprint density at radius 3 is 2.14 bits per heavy atom. The molecule has 0 aromatic rings. The first-order valence-electron chi connectivity index (χ1n) is 6.17. The summed E-state index contributed by atoms with van der Waals surface area (Å²) in [5, 5.41) is 0. The smallest absolute Gasteiger partial charge is 0.222 e. The monoisotopic (exact) mass is 195 g/mol. The highest BCUT2D eigenvalue weighted by atomic mass is 16.2. The van der Waals surface area contributed by atoms with Crippen molar-refractivity contribution in [1.29, 1.82) is 0 Å². The highest BCUT2D eigenvalue weighted by Gasteiger charge is 2.27. The van der Waals surface area contributed by atoms with Crippen LogP contribution in [0.4, 0.5) is 0 Å². The third kappa shape index (κ3) is 2.28. The SMILES string of the molecule is O=C1CCCN1C1CCCCCCC1. The van der Waals surface area contributed by atoms with Crippen molar-refractivity contribution in [2.24, 2.45) is 0 Å². The summed E-state index contributed by atoms with van der Waals surface area (Å²) in [5.41, 5.74) is 0. The highest BCUT2D eigenvalue weighted by Crippen LogP contribution is 2.24. The molecule has 2 fully saturated rings. The summed E-state index contributed by atoms with van der Waals surface area (Å²) in [4.78, 5) is 13.8. The van der Waals surface area contributed by atoms with E-state index >= 15 is 0 Å². The number of amides is 1. The standard InChI is InChI=1S/C12H21NO/c14-12-9-6-10-13(12)11-7-4-2-1-3-5-8-11/h11H,1-10H2. The predicted molar refractivity (Wildman–Crippen MR) is 57.1 cm³/mol. The lowest BCUT2D eigenvalue weighted by Crippen LogP contribution is -2.36. The zero-order valence-corrected chi connectivity index (χ0v) is 9.00. The van der Waals surface area contributed by atoms with E-state index in [1.807, 2.05) is 0 Å². The largest absolute Gasteiger partial charge is 0.340 e. The van der Waals surface area contributed by atoms with Crippen molar-refractivity contribution in [2.75, 3.05) is 6.54 Å². The molecule has 0 atom stereocenters. The van der Waals surface area contributed by atoms with Crippen molar-refractivity contribution in [1.82, 2.24) is 4.90 Å². The molecule has 1 aliphatic heterocycles. The number of carbonyl (C=O) groups is 1. The molecule has 0 aromatic heterocycles. The molecule has 1 saturated carbocycles. The van der Waals surface area contributed by atoms with Crippen LogP contribution in [0.3, 0.4) is 0 Å². The lowest BCUT2D eigenvalue weighted by molar-refractivity contribution is -0.130. The average Bonchev–Trinajstić information content (AvgIpc) is 2.51. The van der Waals surface area contributed by atoms with Crippen molar-refractivity contribution >= 4 is 5.91 Å². The summed E-state index contributed by atoms with van der Waals surface area (Å²) in [6.45, 7) is 1.03. The third-order valence-corrected chi connectivity index (χ3v) is 3.63.